The van der Waals surface area contributed by atoms with Crippen LogP contribution in [0.3, 0.4) is 0 Å². The third kappa shape index (κ3) is 5.30. The maximum Gasteiger partial charge on any atom is 0.221 e. The molecule has 1 amide bonds. The summed E-state index contributed by atoms with van der Waals surface area (Å²) in [7, 11) is 0. The number of hydrogen-bond donors (Lipinski definition) is 3. The van der Waals surface area contributed by atoms with Gasteiger partial charge in [-0.15, -0.1) is 11.3 Å². The maximum absolute atomic E-state index is 12.4. The van der Waals surface area contributed by atoms with E-state index < -0.39 is 0 Å². The van der Waals surface area contributed by atoms with Gasteiger partial charge >= 0.3 is 0 Å². The van der Waals surface area contributed by atoms with Crippen molar-refractivity contribution in [3.8, 4) is 10.7 Å². The lowest BCUT2D eigenvalue weighted by Gasteiger charge is -2.24. The zero-order valence-electron chi connectivity index (χ0n) is 16.0. The van der Waals surface area contributed by atoms with Gasteiger partial charge in [0.15, 0.2) is 10.6 Å². The number of hydrogen-bond acceptors (Lipinski definition) is 5. The molecule has 0 spiro atoms. The lowest BCUT2D eigenvalue weighted by atomic mass is 10.0. The summed E-state index contributed by atoms with van der Waals surface area (Å²) in [6.07, 6.45) is 0.350. The van der Waals surface area contributed by atoms with Gasteiger partial charge in [-0.05, 0) is 41.7 Å². The number of amides is 1. The minimum atomic E-state index is 0.000686. The quantitative estimate of drug-likeness (QED) is 0.455. The molecular weight excluding hydrogens is 390 g/mol. The summed E-state index contributed by atoms with van der Waals surface area (Å²) in [5.41, 5.74) is 1.06. The fourth-order valence-electron chi connectivity index (χ4n) is 2.85. The number of aromatic nitrogens is 3. The van der Waals surface area contributed by atoms with Gasteiger partial charge < -0.3 is 10.6 Å². The third-order valence-corrected chi connectivity index (χ3v) is 5.69. The smallest absolute Gasteiger partial charge is 0.221 e. The van der Waals surface area contributed by atoms with Gasteiger partial charge in [-0.3, -0.25) is 14.5 Å². The Morgan fingerprint density at radius 3 is 2.71 bits per heavy atom. The normalized spacial score (nSPS) is 12.1. The Labute approximate surface area is 174 Å². The number of carbonyl (C=O) groups excluding carboxylic acids is 1. The van der Waals surface area contributed by atoms with E-state index in [0.29, 0.717) is 30.2 Å². The number of nitrogens with one attached hydrogen (secondary N) is 3. The fraction of sp³-hybridized carbons (Fsp3) is 0.350. The Balaban J connectivity index is 1.54. The summed E-state index contributed by atoms with van der Waals surface area (Å²) in [5.74, 6) is 1.16. The molecular formula is C20H25N5OS2. The van der Waals surface area contributed by atoms with E-state index >= 15 is 0 Å². The first kappa shape index (κ1) is 20.3. The average Bonchev–Trinajstić information content (AvgIpc) is 3.33. The Morgan fingerprint density at radius 1 is 1.25 bits per heavy atom. The number of rotatable bonds is 9. The number of thiophene rings is 1. The number of para-hydroxylation sites is 1. The van der Waals surface area contributed by atoms with Gasteiger partial charge in [0.2, 0.25) is 5.91 Å². The lowest BCUT2D eigenvalue weighted by molar-refractivity contribution is -0.121. The van der Waals surface area contributed by atoms with Crippen LogP contribution in [0.5, 0.6) is 0 Å². The van der Waals surface area contributed by atoms with E-state index in [1.807, 2.05) is 52.4 Å². The molecule has 0 radical (unpaired) electrons. The zero-order chi connectivity index (χ0) is 19.9. The largest absolute Gasteiger partial charge is 0.380 e. The highest BCUT2D eigenvalue weighted by Crippen LogP contribution is 2.22. The Kier molecular flexibility index (Phi) is 7.00. The SMILES string of the molecule is CC(C)C(CNC(=O)CCn1c(-c2cccs2)n[nH]c1=S)Nc1ccccc1. The molecule has 2 heterocycles. The summed E-state index contributed by atoms with van der Waals surface area (Å²) >= 11 is 6.92. The number of carbonyl (C=O) groups is 1. The van der Waals surface area contributed by atoms with Crippen LogP contribution in [0.4, 0.5) is 5.69 Å². The number of nitrogens with zero attached hydrogens (tertiary/aromatic N) is 2. The Hall–Kier alpha value is -2.45. The molecule has 3 aromatic rings. The van der Waals surface area contributed by atoms with E-state index in [9.17, 15) is 4.79 Å². The van der Waals surface area contributed by atoms with Crippen molar-refractivity contribution in [2.45, 2.75) is 32.9 Å². The van der Waals surface area contributed by atoms with Gasteiger partial charge in [0.05, 0.1) is 4.88 Å². The van der Waals surface area contributed by atoms with Crippen LogP contribution in [0.2, 0.25) is 0 Å². The highest BCUT2D eigenvalue weighted by atomic mass is 32.1. The topological polar surface area (TPSA) is 74.7 Å². The summed E-state index contributed by atoms with van der Waals surface area (Å²) in [6.45, 7) is 5.35. The summed E-state index contributed by atoms with van der Waals surface area (Å²) < 4.78 is 2.41. The van der Waals surface area contributed by atoms with Crippen molar-refractivity contribution in [2.75, 3.05) is 11.9 Å². The van der Waals surface area contributed by atoms with Crippen LogP contribution in [0.25, 0.3) is 10.7 Å². The van der Waals surface area contributed by atoms with Crippen molar-refractivity contribution >= 4 is 35.1 Å². The van der Waals surface area contributed by atoms with Crippen LogP contribution >= 0.6 is 23.6 Å². The second-order valence-electron chi connectivity index (χ2n) is 6.90. The number of aromatic amines is 1. The van der Waals surface area contributed by atoms with E-state index in [1.165, 1.54) is 0 Å². The molecule has 1 unspecified atom stereocenters. The van der Waals surface area contributed by atoms with Crippen molar-refractivity contribution < 1.29 is 4.79 Å². The van der Waals surface area contributed by atoms with E-state index in [4.69, 9.17) is 12.2 Å². The molecule has 3 rings (SSSR count). The van der Waals surface area contributed by atoms with Gasteiger partial charge in [0.1, 0.15) is 0 Å². The van der Waals surface area contributed by atoms with Crippen molar-refractivity contribution in [1.82, 2.24) is 20.1 Å². The predicted octanol–water partition coefficient (Wildman–Crippen LogP) is 4.31. The van der Waals surface area contributed by atoms with E-state index in [1.54, 1.807) is 11.3 Å². The molecule has 2 aromatic heterocycles. The van der Waals surface area contributed by atoms with Gasteiger partial charge in [-0.2, -0.15) is 5.10 Å². The van der Waals surface area contributed by atoms with Crippen molar-refractivity contribution in [3.05, 3.63) is 52.6 Å². The van der Waals surface area contributed by atoms with Gasteiger partial charge in [-0.1, -0.05) is 38.1 Å². The molecule has 0 bridgehead atoms. The molecule has 8 heteroatoms. The van der Waals surface area contributed by atoms with Crippen LogP contribution in [-0.4, -0.2) is 33.3 Å². The number of H-pyrrole nitrogens is 1. The summed E-state index contributed by atoms with van der Waals surface area (Å²) in [5, 5.41) is 15.6. The molecule has 0 saturated heterocycles. The highest BCUT2D eigenvalue weighted by Gasteiger charge is 2.15. The van der Waals surface area contributed by atoms with E-state index in [2.05, 4.69) is 34.7 Å². The highest BCUT2D eigenvalue weighted by molar-refractivity contribution is 7.71. The van der Waals surface area contributed by atoms with E-state index in [-0.39, 0.29) is 11.9 Å². The van der Waals surface area contributed by atoms with E-state index in [0.717, 1.165) is 16.4 Å². The Bertz CT molecular complexity index is 931. The van der Waals surface area contributed by atoms with Crippen LogP contribution < -0.4 is 10.6 Å². The molecule has 3 N–H and O–H groups in total. The Morgan fingerprint density at radius 2 is 2.04 bits per heavy atom. The second-order valence-corrected chi connectivity index (χ2v) is 8.23. The lowest BCUT2D eigenvalue weighted by Crippen LogP contribution is -2.39. The van der Waals surface area contributed by atoms with Crippen LogP contribution in [0.1, 0.15) is 20.3 Å². The molecule has 0 fully saturated rings. The molecule has 28 heavy (non-hydrogen) atoms. The molecule has 0 aliphatic carbocycles. The average molecular weight is 416 g/mol. The van der Waals surface area contributed by atoms with Crippen molar-refractivity contribution in [1.29, 1.82) is 0 Å². The van der Waals surface area contributed by atoms with Gasteiger partial charge in [0, 0.05) is 31.2 Å². The zero-order valence-corrected chi connectivity index (χ0v) is 17.6. The standard InChI is InChI=1S/C20H25N5OS2/c1-14(2)16(22-15-7-4-3-5-8-15)13-21-18(26)10-11-25-19(23-24-20(25)27)17-9-6-12-28-17/h3-9,12,14,16,22H,10-11,13H2,1-2H3,(H,21,26)(H,24,27). The minimum absolute atomic E-state index is 0.000686. The molecule has 0 aliphatic heterocycles. The first-order valence-electron chi connectivity index (χ1n) is 9.32. The van der Waals surface area contributed by atoms with Crippen LogP contribution in [-0.2, 0) is 11.3 Å². The first-order valence-corrected chi connectivity index (χ1v) is 10.6. The van der Waals surface area contributed by atoms with Gasteiger partial charge in [-0.25, -0.2) is 0 Å². The molecule has 0 saturated carbocycles. The number of anilines is 1. The van der Waals surface area contributed by atoms with Crippen molar-refractivity contribution in [2.24, 2.45) is 5.92 Å². The first-order chi connectivity index (χ1) is 13.5. The fourth-order valence-corrected chi connectivity index (χ4v) is 3.79. The number of benzene rings is 1. The predicted molar refractivity (Wildman–Crippen MR) is 117 cm³/mol. The molecule has 0 aliphatic rings. The second kappa shape index (κ2) is 9.66. The van der Waals surface area contributed by atoms with Crippen LogP contribution in [0.15, 0.2) is 47.8 Å². The van der Waals surface area contributed by atoms with Gasteiger partial charge in [0.25, 0.3) is 0 Å². The van der Waals surface area contributed by atoms with Crippen molar-refractivity contribution in [3.63, 3.8) is 0 Å². The molecule has 1 atom stereocenters. The molecule has 6 nitrogen and oxygen atoms in total. The summed E-state index contributed by atoms with van der Waals surface area (Å²) in [4.78, 5) is 13.4. The molecule has 148 valence electrons. The molecule has 1 aromatic carbocycles. The monoisotopic (exact) mass is 415 g/mol. The third-order valence-electron chi connectivity index (χ3n) is 4.51. The summed E-state index contributed by atoms with van der Waals surface area (Å²) in [6, 6.07) is 14.2. The minimum Gasteiger partial charge on any atom is -0.380 e. The maximum atomic E-state index is 12.4. The van der Waals surface area contributed by atoms with Crippen LogP contribution in [0, 0.1) is 10.7 Å².